The van der Waals surface area contributed by atoms with E-state index in [1.54, 1.807) is 0 Å². The van der Waals surface area contributed by atoms with Gasteiger partial charge in [0.1, 0.15) is 12.2 Å². The monoisotopic (exact) mass is 366 g/mol. The normalized spacial score (nSPS) is 35.4. The fourth-order valence-corrected chi connectivity index (χ4v) is 4.87. The molecule has 0 aromatic rings. The smallest absolute Gasteiger partial charge is 0.417 e. The lowest BCUT2D eigenvalue weighted by molar-refractivity contribution is -0.181. The molecule has 0 aliphatic heterocycles. The van der Waals surface area contributed by atoms with Crippen molar-refractivity contribution in [2.45, 2.75) is 92.3 Å². The van der Waals surface area contributed by atoms with Gasteiger partial charge in [-0.05, 0) is 61.2 Å². The van der Waals surface area contributed by atoms with Crippen LogP contribution in [0.15, 0.2) is 0 Å². The van der Waals surface area contributed by atoms with Gasteiger partial charge in [-0.25, -0.2) is 9.59 Å². The number of carbonyl (C=O) groups excluding carboxylic acids is 2. The van der Waals surface area contributed by atoms with E-state index in [0.717, 1.165) is 38.5 Å². The van der Waals surface area contributed by atoms with Crippen molar-refractivity contribution in [2.75, 3.05) is 0 Å². The molecule has 0 spiro atoms. The molecule has 6 atom stereocenters. The summed E-state index contributed by atoms with van der Waals surface area (Å²) in [5.74, 6) is 1.03. The van der Waals surface area contributed by atoms with Crippen molar-refractivity contribution in [1.82, 2.24) is 0 Å². The highest BCUT2D eigenvalue weighted by Crippen LogP contribution is 2.37. The summed E-state index contributed by atoms with van der Waals surface area (Å²) in [5.41, 5.74) is 0. The standard InChI is InChI=1S/C22H38O4/c1-13(2)17-9-7-15(5)11-19(17)25-21(23)22(24)26-20-12-16(6)8-10-18(20)14(3)4/h13-20H,7-12H2,1-6H3/t15-,16-,17+,18+,19-,20-/m0/s1. The number of hydrogen-bond acceptors (Lipinski definition) is 4. The van der Waals surface area contributed by atoms with E-state index in [4.69, 9.17) is 9.47 Å². The highest BCUT2D eigenvalue weighted by molar-refractivity contribution is 6.29. The molecule has 0 amide bonds. The van der Waals surface area contributed by atoms with Crippen LogP contribution >= 0.6 is 0 Å². The Kier molecular flexibility index (Phi) is 7.54. The van der Waals surface area contributed by atoms with Crippen molar-refractivity contribution >= 4 is 11.9 Å². The van der Waals surface area contributed by atoms with Gasteiger partial charge in [0.2, 0.25) is 0 Å². The van der Waals surface area contributed by atoms with Crippen LogP contribution in [0.2, 0.25) is 0 Å². The second-order valence-electron chi connectivity index (χ2n) is 9.54. The van der Waals surface area contributed by atoms with Crippen LogP contribution in [0, 0.1) is 35.5 Å². The molecule has 2 fully saturated rings. The molecule has 0 bridgehead atoms. The highest BCUT2D eigenvalue weighted by atomic mass is 16.6. The van der Waals surface area contributed by atoms with Crippen molar-refractivity contribution in [3.05, 3.63) is 0 Å². The Morgan fingerprint density at radius 1 is 0.692 bits per heavy atom. The molecular formula is C22H38O4. The average molecular weight is 367 g/mol. The molecule has 0 radical (unpaired) electrons. The summed E-state index contributed by atoms with van der Waals surface area (Å²) in [5, 5.41) is 0. The Bertz CT molecular complexity index is 441. The van der Waals surface area contributed by atoms with Crippen molar-refractivity contribution < 1.29 is 19.1 Å². The van der Waals surface area contributed by atoms with Crippen molar-refractivity contribution in [2.24, 2.45) is 35.5 Å². The van der Waals surface area contributed by atoms with E-state index in [2.05, 4.69) is 41.5 Å². The molecule has 26 heavy (non-hydrogen) atoms. The quantitative estimate of drug-likeness (QED) is 0.519. The van der Waals surface area contributed by atoms with Crippen LogP contribution in [-0.4, -0.2) is 24.1 Å². The fourth-order valence-electron chi connectivity index (χ4n) is 4.87. The summed E-state index contributed by atoms with van der Waals surface area (Å²) in [7, 11) is 0. The zero-order valence-electron chi connectivity index (χ0n) is 17.5. The molecule has 0 heterocycles. The lowest BCUT2D eigenvalue weighted by Gasteiger charge is -2.37. The first kappa shape index (κ1) is 21.2. The van der Waals surface area contributed by atoms with Gasteiger partial charge in [-0.2, -0.15) is 0 Å². The third-order valence-corrected chi connectivity index (χ3v) is 6.61. The van der Waals surface area contributed by atoms with Gasteiger partial charge >= 0.3 is 11.9 Å². The summed E-state index contributed by atoms with van der Waals surface area (Å²) < 4.78 is 11.3. The fraction of sp³-hybridized carbons (Fsp3) is 0.909. The first-order valence-electron chi connectivity index (χ1n) is 10.6. The van der Waals surface area contributed by atoms with Crippen LogP contribution in [0.25, 0.3) is 0 Å². The first-order valence-corrected chi connectivity index (χ1v) is 10.6. The Morgan fingerprint density at radius 2 is 1.04 bits per heavy atom. The molecular weight excluding hydrogens is 328 g/mol. The number of esters is 2. The average Bonchev–Trinajstić information content (AvgIpc) is 2.54. The minimum absolute atomic E-state index is 0.162. The van der Waals surface area contributed by atoms with E-state index in [-0.39, 0.29) is 12.2 Å². The maximum atomic E-state index is 12.4. The van der Waals surface area contributed by atoms with Crippen molar-refractivity contribution in [1.29, 1.82) is 0 Å². The van der Waals surface area contributed by atoms with Gasteiger partial charge in [0.05, 0.1) is 0 Å². The summed E-state index contributed by atoms with van der Waals surface area (Å²) in [6.45, 7) is 13.0. The van der Waals surface area contributed by atoms with Gasteiger partial charge in [-0.1, -0.05) is 54.4 Å². The minimum Gasteiger partial charge on any atom is -0.454 e. The molecule has 150 valence electrons. The Balaban J connectivity index is 1.96. The zero-order valence-corrected chi connectivity index (χ0v) is 17.5. The van der Waals surface area contributed by atoms with Crippen LogP contribution in [0.3, 0.4) is 0 Å². The van der Waals surface area contributed by atoms with E-state index < -0.39 is 11.9 Å². The summed E-state index contributed by atoms with van der Waals surface area (Å²) in [6, 6.07) is 0. The number of carbonyl (C=O) groups is 2. The lowest BCUT2D eigenvalue weighted by atomic mass is 9.75. The summed E-state index contributed by atoms with van der Waals surface area (Å²) in [6.07, 6.45) is 5.81. The van der Waals surface area contributed by atoms with E-state index >= 15 is 0 Å². The van der Waals surface area contributed by atoms with Gasteiger partial charge in [0, 0.05) is 0 Å². The Morgan fingerprint density at radius 3 is 1.35 bits per heavy atom. The van der Waals surface area contributed by atoms with Gasteiger partial charge < -0.3 is 9.47 Å². The van der Waals surface area contributed by atoms with E-state index in [1.165, 1.54) is 0 Å². The third kappa shape index (κ3) is 5.47. The van der Waals surface area contributed by atoms with Crippen molar-refractivity contribution in [3.8, 4) is 0 Å². The predicted octanol–water partition coefficient (Wildman–Crippen LogP) is 4.99. The van der Waals surface area contributed by atoms with E-state index in [1.807, 2.05) is 0 Å². The Hall–Kier alpha value is -1.06. The van der Waals surface area contributed by atoms with Gasteiger partial charge in [-0.3, -0.25) is 0 Å². The molecule has 2 aliphatic carbocycles. The number of hydrogen-bond donors (Lipinski definition) is 0. The van der Waals surface area contributed by atoms with Gasteiger partial charge in [0.15, 0.2) is 0 Å². The van der Waals surface area contributed by atoms with Crippen LogP contribution in [0.4, 0.5) is 0 Å². The second-order valence-corrected chi connectivity index (χ2v) is 9.54. The van der Waals surface area contributed by atoms with Gasteiger partial charge in [0.25, 0.3) is 0 Å². The van der Waals surface area contributed by atoms with Crippen LogP contribution < -0.4 is 0 Å². The van der Waals surface area contributed by atoms with Gasteiger partial charge in [-0.15, -0.1) is 0 Å². The number of rotatable bonds is 4. The molecule has 2 aliphatic rings. The molecule has 4 nitrogen and oxygen atoms in total. The SMILES string of the molecule is CC(C)[C@H]1CC[C@H](C)C[C@@H]1OC(=O)C(=O)O[C@H]1C[C@@H](C)CC[C@@H]1C(C)C. The summed E-state index contributed by atoms with van der Waals surface area (Å²) in [4.78, 5) is 24.8. The molecule has 0 unspecified atom stereocenters. The topological polar surface area (TPSA) is 52.6 Å². The van der Waals surface area contributed by atoms with E-state index in [0.29, 0.717) is 35.5 Å². The molecule has 0 aromatic heterocycles. The maximum absolute atomic E-state index is 12.4. The van der Waals surface area contributed by atoms with E-state index in [9.17, 15) is 9.59 Å². The van der Waals surface area contributed by atoms with Crippen LogP contribution in [-0.2, 0) is 19.1 Å². The molecule has 2 rings (SSSR count). The lowest BCUT2D eigenvalue weighted by Crippen LogP contribution is -2.41. The minimum atomic E-state index is -0.796. The molecule has 0 N–H and O–H groups in total. The highest BCUT2D eigenvalue weighted by Gasteiger charge is 2.38. The Labute approximate surface area is 159 Å². The molecule has 0 saturated heterocycles. The zero-order chi connectivity index (χ0) is 19.4. The third-order valence-electron chi connectivity index (χ3n) is 6.61. The van der Waals surface area contributed by atoms with Crippen molar-refractivity contribution in [3.63, 3.8) is 0 Å². The summed E-state index contributed by atoms with van der Waals surface area (Å²) >= 11 is 0. The maximum Gasteiger partial charge on any atom is 0.417 e. The first-order chi connectivity index (χ1) is 12.2. The van der Waals surface area contributed by atoms with Crippen LogP contribution in [0.5, 0.6) is 0 Å². The molecule has 4 heteroatoms. The van der Waals surface area contributed by atoms with Crippen LogP contribution in [0.1, 0.15) is 80.1 Å². The predicted molar refractivity (Wildman–Crippen MR) is 102 cm³/mol. The second kappa shape index (κ2) is 9.23. The largest absolute Gasteiger partial charge is 0.454 e. The number of ether oxygens (including phenoxy) is 2. The molecule has 0 aromatic carbocycles. The molecule has 2 saturated carbocycles.